The molecule has 0 saturated carbocycles. The number of halogens is 3. The smallest absolute Gasteiger partial charge is 0.416 e. The molecule has 1 aromatic heterocycles. The Bertz CT molecular complexity index is 802. The maximum Gasteiger partial charge on any atom is 0.416 e. The van der Waals surface area contributed by atoms with Crippen molar-refractivity contribution in [3.63, 3.8) is 0 Å². The maximum absolute atomic E-state index is 13.3. The van der Waals surface area contributed by atoms with E-state index in [9.17, 15) is 13.2 Å². The van der Waals surface area contributed by atoms with Gasteiger partial charge in [-0.25, -0.2) is 9.98 Å². The lowest BCUT2D eigenvalue weighted by atomic mass is 10.1. The second-order valence-corrected chi connectivity index (χ2v) is 7.10. The van der Waals surface area contributed by atoms with Gasteiger partial charge in [0.25, 0.3) is 0 Å². The molecule has 0 aliphatic rings. The first-order chi connectivity index (χ1) is 12.7. The van der Waals surface area contributed by atoms with Gasteiger partial charge in [-0.1, -0.05) is 6.07 Å². The predicted molar refractivity (Wildman–Crippen MR) is 101 cm³/mol. The topological polar surface area (TPSA) is 58.5 Å². The zero-order chi connectivity index (χ0) is 20.0. The summed E-state index contributed by atoms with van der Waals surface area (Å²) in [5.74, 6) is 0.614. The molecule has 1 aromatic carbocycles. The molecule has 0 amide bonds. The Labute approximate surface area is 160 Å². The minimum absolute atomic E-state index is 0.0883. The number of aliphatic imine (C=N–C) groups is 1. The molecule has 148 valence electrons. The van der Waals surface area contributed by atoms with Gasteiger partial charge in [0.05, 0.1) is 36.5 Å². The number of aromatic nitrogens is 1. The molecule has 0 spiro atoms. The number of methoxy groups -OCH3 is 1. The first kappa shape index (κ1) is 21.0. The van der Waals surface area contributed by atoms with E-state index >= 15 is 0 Å². The van der Waals surface area contributed by atoms with Crippen LogP contribution < -0.4 is 15.4 Å². The number of nitrogens with zero attached hydrogens (tertiary/aromatic N) is 2. The zero-order valence-electron chi connectivity index (χ0n) is 15.7. The van der Waals surface area contributed by atoms with Crippen LogP contribution in [0.15, 0.2) is 23.2 Å². The van der Waals surface area contributed by atoms with Gasteiger partial charge in [-0.3, -0.25) is 0 Å². The lowest BCUT2D eigenvalue weighted by Crippen LogP contribution is -2.36. The largest absolute Gasteiger partial charge is 0.497 e. The van der Waals surface area contributed by atoms with Gasteiger partial charge in [0.15, 0.2) is 5.96 Å². The van der Waals surface area contributed by atoms with E-state index in [1.54, 1.807) is 11.3 Å². The molecule has 0 saturated heterocycles. The van der Waals surface area contributed by atoms with E-state index in [0.717, 1.165) is 21.6 Å². The fourth-order valence-electron chi connectivity index (χ4n) is 2.49. The van der Waals surface area contributed by atoms with Crippen LogP contribution in [0.2, 0.25) is 0 Å². The molecule has 2 rings (SSSR count). The van der Waals surface area contributed by atoms with Crippen molar-refractivity contribution < 1.29 is 17.9 Å². The van der Waals surface area contributed by atoms with E-state index in [1.165, 1.54) is 19.2 Å². The summed E-state index contributed by atoms with van der Waals surface area (Å²) in [6, 6.07) is 3.89. The second kappa shape index (κ2) is 9.07. The molecule has 0 unspecified atom stereocenters. The van der Waals surface area contributed by atoms with E-state index < -0.39 is 11.7 Å². The van der Waals surface area contributed by atoms with E-state index in [2.05, 4.69) is 20.6 Å². The van der Waals surface area contributed by atoms with Crippen LogP contribution in [0.4, 0.5) is 13.2 Å². The molecule has 0 radical (unpaired) electrons. The summed E-state index contributed by atoms with van der Waals surface area (Å²) < 4.78 is 44.8. The highest BCUT2D eigenvalue weighted by Crippen LogP contribution is 2.34. The number of rotatable bonds is 6. The van der Waals surface area contributed by atoms with E-state index in [0.29, 0.717) is 19.0 Å². The SMILES string of the molecule is CCNC(=NCc1ccc(OC)cc1C(F)(F)F)NCc1sc(C)nc1C. The van der Waals surface area contributed by atoms with E-state index in [-0.39, 0.29) is 17.9 Å². The molecule has 1 heterocycles. The van der Waals surface area contributed by atoms with E-state index in [4.69, 9.17) is 4.74 Å². The third-order valence-electron chi connectivity index (χ3n) is 3.79. The number of thiazole rings is 1. The van der Waals surface area contributed by atoms with Crippen LogP contribution in [0.25, 0.3) is 0 Å². The average molecular weight is 400 g/mol. The van der Waals surface area contributed by atoms with Gasteiger partial charge in [-0.15, -0.1) is 11.3 Å². The Morgan fingerprint density at radius 1 is 1.26 bits per heavy atom. The van der Waals surface area contributed by atoms with Crippen molar-refractivity contribution in [3.05, 3.63) is 44.9 Å². The molecule has 9 heteroatoms. The molecule has 0 fully saturated rings. The second-order valence-electron chi connectivity index (χ2n) is 5.81. The van der Waals surface area contributed by atoms with Crippen LogP contribution in [-0.4, -0.2) is 24.6 Å². The van der Waals surface area contributed by atoms with Crippen LogP contribution in [0.1, 0.15) is 33.6 Å². The van der Waals surface area contributed by atoms with Gasteiger partial charge in [0.1, 0.15) is 5.75 Å². The Kier molecular flexibility index (Phi) is 7.06. The van der Waals surface area contributed by atoms with Crippen LogP contribution in [-0.2, 0) is 19.3 Å². The van der Waals surface area contributed by atoms with Gasteiger partial charge < -0.3 is 15.4 Å². The third-order valence-corrected chi connectivity index (χ3v) is 4.86. The summed E-state index contributed by atoms with van der Waals surface area (Å²) in [4.78, 5) is 9.74. The molecule has 2 N–H and O–H groups in total. The Balaban J connectivity index is 2.17. The monoisotopic (exact) mass is 400 g/mol. The van der Waals surface area contributed by atoms with Crippen molar-refractivity contribution in [2.75, 3.05) is 13.7 Å². The fraction of sp³-hybridized carbons (Fsp3) is 0.444. The molecule has 0 atom stereocenters. The highest BCUT2D eigenvalue weighted by molar-refractivity contribution is 7.11. The zero-order valence-corrected chi connectivity index (χ0v) is 16.5. The third kappa shape index (κ3) is 5.85. The summed E-state index contributed by atoms with van der Waals surface area (Å²) in [6.45, 7) is 6.77. The normalized spacial score (nSPS) is 12.2. The number of benzene rings is 1. The van der Waals surface area contributed by atoms with Crippen LogP contribution >= 0.6 is 11.3 Å². The van der Waals surface area contributed by atoms with Crippen molar-refractivity contribution in [2.24, 2.45) is 4.99 Å². The van der Waals surface area contributed by atoms with E-state index in [1.807, 2.05) is 20.8 Å². The number of ether oxygens (including phenoxy) is 1. The van der Waals surface area contributed by atoms with Gasteiger partial charge in [0.2, 0.25) is 0 Å². The van der Waals surface area contributed by atoms with Crippen molar-refractivity contribution >= 4 is 17.3 Å². The van der Waals surface area contributed by atoms with Crippen LogP contribution in [0.3, 0.4) is 0 Å². The Morgan fingerprint density at radius 3 is 2.56 bits per heavy atom. The molecule has 27 heavy (non-hydrogen) atoms. The number of alkyl halides is 3. The number of hydrogen-bond donors (Lipinski definition) is 2. The Morgan fingerprint density at radius 2 is 2.00 bits per heavy atom. The number of aryl methyl sites for hydroxylation is 2. The van der Waals surface area contributed by atoms with Gasteiger partial charge in [0, 0.05) is 11.4 Å². The molecule has 0 bridgehead atoms. The van der Waals surface area contributed by atoms with Crippen molar-refractivity contribution in [1.82, 2.24) is 15.6 Å². The van der Waals surface area contributed by atoms with Crippen LogP contribution in [0.5, 0.6) is 5.75 Å². The minimum Gasteiger partial charge on any atom is -0.497 e. The molecule has 0 aliphatic carbocycles. The standard InChI is InChI=1S/C18H23F3N4OS/c1-5-22-17(24-10-16-11(2)25-12(3)27-16)23-9-13-6-7-14(26-4)8-15(13)18(19,20)21/h6-8H,5,9-10H2,1-4H3,(H2,22,23,24). The minimum atomic E-state index is -4.47. The quantitative estimate of drug-likeness (QED) is 0.568. The lowest BCUT2D eigenvalue weighted by molar-refractivity contribution is -0.138. The van der Waals surface area contributed by atoms with Gasteiger partial charge in [-0.2, -0.15) is 13.2 Å². The number of nitrogens with one attached hydrogen (secondary N) is 2. The molecule has 5 nitrogen and oxygen atoms in total. The summed E-state index contributed by atoms with van der Waals surface area (Å²) in [5.41, 5.74) is 0.288. The van der Waals surface area contributed by atoms with Crippen molar-refractivity contribution in [3.8, 4) is 5.75 Å². The molecule has 0 aliphatic heterocycles. The summed E-state index contributed by atoms with van der Waals surface area (Å²) in [6.07, 6.45) is -4.47. The Hall–Kier alpha value is -2.29. The maximum atomic E-state index is 13.3. The predicted octanol–water partition coefficient (Wildman–Crippen LogP) is 4.04. The number of hydrogen-bond acceptors (Lipinski definition) is 4. The summed E-state index contributed by atoms with van der Waals surface area (Å²) >= 11 is 1.58. The van der Waals surface area contributed by atoms with Gasteiger partial charge in [-0.05, 0) is 38.5 Å². The summed E-state index contributed by atoms with van der Waals surface area (Å²) in [7, 11) is 1.34. The first-order valence-electron chi connectivity index (χ1n) is 8.43. The molecule has 2 aromatic rings. The first-order valence-corrected chi connectivity index (χ1v) is 9.25. The summed E-state index contributed by atoms with van der Waals surface area (Å²) in [5, 5.41) is 7.16. The highest BCUT2D eigenvalue weighted by atomic mass is 32.1. The lowest BCUT2D eigenvalue weighted by Gasteiger charge is -2.14. The fourth-order valence-corrected chi connectivity index (χ4v) is 3.37. The molecular formula is C18H23F3N4OS. The van der Waals surface area contributed by atoms with Crippen LogP contribution in [0, 0.1) is 13.8 Å². The van der Waals surface area contributed by atoms with Gasteiger partial charge >= 0.3 is 6.18 Å². The average Bonchev–Trinajstić information content (AvgIpc) is 2.93. The van der Waals surface area contributed by atoms with Crippen molar-refractivity contribution in [2.45, 2.75) is 40.0 Å². The van der Waals surface area contributed by atoms with Crippen molar-refractivity contribution in [1.29, 1.82) is 0 Å². The number of guanidine groups is 1. The highest BCUT2D eigenvalue weighted by Gasteiger charge is 2.33. The molecular weight excluding hydrogens is 377 g/mol.